The molecular weight excluding hydrogens is 536 g/mol. The standard InChI is InChI=1S/C34H33ClN2O4/c1-24(18-19-25-10-3-2-4-11-25)37(21-20-32(38)39)34(41)31-17-8-6-15-29(31)28-14-5-7-16-30(28)33(40)36-23-26-12-9-13-27(35)22-26/h2-17,22,24H,18-21,23H2,1H3,(H,36,40)(H,38,39). The van der Waals surface area contributed by atoms with E-state index in [1.807, 2.05) is 73.7 Å². The van der Waals surface area contributed by atoms with Gasteiger partial charge in [0.1, 0.15) is 0 Å². The molecule has 4 rings (SSSR count). The van der Waals surface area contributed by atoms with Gasteiger partial charge in [-0.15, -0.1) is 0 Å². The minimum atomic E-state index is -0.965. The number of carboxylic acids is 1. The fourth-order valence-corrected chi connectivity index (χ4v) is 5.03. The molecule has 0 bridgehead atoms. The summed E-state index contributed by atoms with van der Waals surface area (Å²) >= 11 is 6.09. The number of nitrogens with one attached hydrogen (secondary N) is 1. The number of hydrogen-bond acceptors (Lipinski definition) is 3. The molecule has 4 aromatic carbocycles. The third-order valence-corrected chi connectivity index (χ3v) is 7.25. The van der Waals surface area contributed by atoms with Crippen LogP contribution < -0.4 is 5.32 Å². The van der Waals surface area contributed by atoms with Gasteiger partial charge in [-0.25, -0.2) is 0 Å². The van der Waals surface area contributed by atoms with Crippen LogP contribution in [0.4, 0.5) is 0 Å². The molecule has 0 aliphatic carbocycles. The highest BCUT2D eigenvalue weighted by molar-refractivity contribution is 6.30. The third-order valence-electron chi connectivity index (χ3n) is 7.01. The zero-order chi connectivity index (χ0) is 29.2. The molecule has 0 aliphatic heterocycles. The Labute approximate surface area is 245 Å². The van der Waals surface area contributed by atoms with Gasteiger partial charge in [0.05, 0.1) is 6.42 Å². The number of carboxylic acid groups (broad SMARTS) is 1. The summed E-state index contributed by atoms with van der Waals surface area (Å²) in [5.74, 6) is -1.51. The summed E-state index contributed by atoms with van der Waals surface area (Å²) in [5.41, 5.74) is 4.11. The number of amides is 2. The molecule has 41 heavy (non-hydrogen) atoms. The molecule has 0 saturated heterocycles. The molecule has 1 unspecified atom stereocenters. The molecule has 0 spiro atoms. The maximum Gasteiger partial charge on any atom is 0.305 e. The molecule has 2 amide bonds. The van der Waals surface area contributed by atoms with Crippen LogP contribution in [0.3, 0.4) is 0 Å². The first-order chi connectivity index (χ1) is 19.8. The van der Waals surface area contributed by atoms with Crippen molar-refractivity contribution in [2.75, 3.05) is 6.54 Å². The van der Waals surface area contributed by atoms with Crippen LogP contribution in [0.2, 0.25) is 5.02 Å². The molecule has 0 radical (unpaired) electrons. The van der Waals surface area contributed by atoms with Crippen LogP contribution in [0.1, 0.15) is 51.6 Å². The smallest absolute Gasteiger partial charge is 0.305 e. The van der Waals surface area contributed by atoms with Crippen LogP contribution in [0.15, 0.2) is 103 Å². The van der Waals surface area contributed by atoms with Gasteiger partial charge in [0.2, 0.25) is 0 Å². The van der Waals surface area contributed by atoms with Gasteiger partial charge in [-0.1, -0.05) is 90.5 Å². The second kappa shape index (κ2) is 14.3. The van der Waals surface area contributed by atoms with E-state index in [-0.39, 0.29) is 30.8 Å². The van der Waals surface area contributed by atoms with Gasteiger partial charge < -0.3 is 15.3 Å². The molecule has 0 saturated carbocycles. The van der Waals surface area contributed by atoms with Crippen molar-refractivity contribution in [1.82, 2.24) is 10.2 Å². The number of nitrogens with zero attached hydrogens (tertiary/aromatic N) is 1. The van der Waals surface area contributed by atoms with E-state index in [9.17, 15) is 19.5 Å². The lowest BCUT2D eigenvalue weighted by atomic mass is 9.93. The second-order valence-electron chi connectivity index (χ2n) is 9.92. The molecule has 0 aliphatic rings. The largest absolute Gasteiger partial charge is 0.481 e. The van der Waals surface area contributed by atoms with Crippen LogP contribution >= 0.6 is 11.6 Å². The lowest BCUT2D eigenvalue weighted by Gasteiger charge is -2.30. The van der Waals surface area contributed by atoms with Crippen molar-refractivity contribution >= 4 is 29.4 Å². The molecule has 0 fully saturated rings. The lowest BCUT2D eigenvalue weighted by molar-refractivity contribution is -0.137. The SMILES string of the molecule is CC(CCc1ccccc1)N(CCC(=O)O)C(=O)c1ccccc1-c1ccccc1C(=O)NCc1cccc(Cl)c1. The van der Waals surface area contributed by atoms with Crippen LogP contribution in [0.5, 0.6) is 0 Å². The van der Waals surface area contributed by atoms with Gasteiger partial charge in [-0.05, 0) is 66.3 Å². The second-order valence-corrected chi connectivity index (χ2v) is 10.4. The molecule has 2 N–H and O–H groups in total. The average molecular weight is 569 g/mol. The van der Waals surface area contributed by atoms with E-state index < -0.39 is 5.97 Å². The molecule has 0 aromatic heterocycles. The lowest BCUT2D eigenvalue weighted by Crippen LogP contribution is -2.40. The van der Waals surface area contributed by atoms with Crippen molar-refractivity contribution in [3.8, 4) is 11.1 Å². The van der Waals surface area contributed by atoms with Crippen LogP contribution in [-0.4, -0.2) is 40.4 Å². The number of benzene rings is 4. The number of rotatable bonds is 12. The van der Waals surface area contributed by atoms with E-state index in [1.165, 1.54) is 0 Å². The van der Waals surface area contributed by atoms with E-state index in [2.05, 4.69) is 5.32 Å². The summed E-state index contributed by atoms with van der Waals surface area (Å²) in [6.45, 7) is 2.33. The molecular formula is C34H33ClN2O4. The first-order valence-corrected chi connectivity index (χ1v) is 14.0. The Morgan fingerprint density at radius 2 is 1.41 bits per heavy atom. The number of aliphatic carboxylic acids is 1. The van der Waals surface area contributed by atoms with E-state index in [1.54, 1.807) is 41.3 Å². The van der Waals surface area contributed by atoms with E-state index >= 15 is 0 Å². The summed E-state index contributed by atoms with van der Waals surface area (Å²) in [6.07, 6.45) is 1.28. The number of carbonyl (C=O) groups is 3. The van der Waals surface area contributed by atoms with Crippen molar-refractivity contribution in [1.29, 1.82) is 0 Å². The highest BCUT2D eigenvalue weighted by Crippen LogP contribution is 2.29. The normalized spacial score (nSPS) is 11.5. The Kier molecular flexibility index (Phi) is 10.3. The number of aryl methyl sites for hydroxylation is 1. The summed E-state index contributed by atoms with van der Waals surface area (Å²) in [7, 11) is 0. The zero-order valence-electron chi connectivity index (χ0n) is 22.9. The summed E-state index contributed by atoms with van der Waals surface area (Å²) < 4.78 is 0. The van der Waals surface area contributed by atoms with Gasteiger partial charge in [0, 0.05) is 35.3 Å². The number of carbonyl (C=O) groups excluding carboxylic acids is 2. The number of hydrogen-bond donors (Lipinski definition) is 2. The van der Waals surface area contributed by atoms with Gasteiger partial charge in [-0.3, -0.25) is 14.4 Å². The summed E-state index contributed by atoms with van der Waals surface area (Å²) in [5, 5.41) is 12.9. The number of halogens is 1. The molecule has 6 nitrogen and oxygen atoms in total. The maximum absolute atomic E-state index is 14.0. The molecule has 4 aromatic rings. The van der Waals surface area contributed by atoms with Crippen molar-refractivity contribution < 1.29 is 19.5 Å². The minimum absolute atomic E-state index is 0.0836. The first-order valence-electron chi connectivity index (χ1n) is 13.6. The molecule has 7 heteroatoms. The highest BCUT2D eigenvalue weighted by Gasteiger charge is 2.26. The Morgan fingerprint density at radius 1 is 0.805 bits per heavy atom. The fraction of sp³-hybridized carbons (Fsp3) is 0.206. The summed E-state index contributed by atoms with van der Waals surface area (Å²) in [6, 6.07) is 31.4. The van der Waals surface area contributed by atoms with Crippen molar-refractivity contribution in [2.45, 2.75) is 38.8 Å². The Balaban J connectivity index is 1.60. The monoisotopic (exact) mass is 568 g/mol. The highest BCUT2D eigenvalue weighted by atomic mass is 35.5. The van der Waals surface area contributed by atoms with Crippen LogP contribution in [0, 0.1) is 0 Å². The Bertz CT molecular complexity index is 1510. The van der Waals surface area contributed by atoms with E-state index in [0.717, 1.165) is 17.5 Å². The fourth-order valence-electron chi connectivity index (χ4n) is 4.81. The van der Waals surface area contributed by atoms with Crippen molar-refractivity contribution in [2.24, 2.45) is 0 Å². The van der Waals surface area contributed by atoms with Gasteiger partial charge in [-0.2, -0.15) is 0 Å². The third kappa shape index (κ3) is 8.05. The topological polar surface area (TPSA) is 86.7 Å². The van der Waals surface area contributed by atoms with Gasteiger partial charge >= 0.3 is 5.97 Å². The predicted molar refractivity (Wildman–Crippen MR) is 162 cm³/mol. The van der Waals surface area contributed by atoms with E-state index in [0.29, 0.717) is 40.2 Å². The Morgan fingerprint density at radius 3 is 2.10 bits per heavy atom. The van der Waals surface area contributed by atoms with Gasteiger partial charge in [0.15, 0.2) is 0 Å². The molecule has 210 valence electrons. The van der Waals surface area contributed by atoms with Crippen molar-refractivity contribution in [3.63, 3.8) is 0 Å². The van der Waals surface area contributed by atoms with Crippen molar-refractivity contribution in [3.05, 3.63) is 130 Å². The summed E-state index contributed by atoms with van der Waals surface area (Å²) in [4.78, 5) is 40.5. The van der Waals surface area contributed by atoms with Crippen LogP contribution in [0.25, 0.3) is 11.1 Å². The molecule has 1 atom stereocenters. The molecule has 0 heterocycles. The Hall–Kier alpha value is -4.42. The minimum Gasteiger partial charge on any atom is -0.481 e. The average Bonchev–Trinajstić information content (AvgIpc) is 2.99. The first kappa shape index (κ1) is 29.6. The van der Waals surface area contributed by atoms with Crippen LogP contribution in [-0.2, 0) is 17.8 Å². The quantitative estimate of drug-likeness (QED) is 0.195. The van der Waals surface area contributed by atoms with Gasteiger partial charge in [0.25, 0.3) is 11.8 Å². The predicted octanol–water partition coefficient (Wildman–Crippen LogP) is 6.88. The van der Waals surface area contributed by atoms with E-state index in [4.69, 9.17) is 11.6 Å². The maximum atomic E-state index is 14.0. The zero-order valence-corrected chi connectivity index (χ0v) is 23.7.